The molecule has 0 fully saturated rings. The van der Waals surface area contributed by atoms with Crippen LogP contribution in [0.2, 0.25) is 0 Å². The van der Waals surface area contributed by atoms with Gasteiger partial charge in [-0.1, -0.05) is 18.2 Å². The van der Waals surface area contributed by atoms with Crippen LogP contribution >= 0.6 is 0 Å². The molecule has 0 aliphatic carbocycles. The molecule has 6 nitrogen and oxygen atoms in total. The number of nitrogens with zero attached hydrogens (tertiary/aromatic N) is 4. The molecule has 1 amide bonds. The monoisotopic (exact) mass is 372 g/mol. The third-order valence-electron chi connectivity index (χ3n) is 4.66. The zero-order valence-corrected chi connectivity index (χ0v) is 15.7. The zero-order valence-electron chi connectivity index (χ0n) is 15.7. The molecule has 0 atom stereocenters. The second kappa shape index (κ2) is 7.52. The van der Waals surface area contributed by atoms with Gasteiger partial charge in [-0.2, -0.15) is 5.10 Å². The van der Waals surface area contributed by atoms with Crippen molar-refractivity contribution in [3.8, 4) is 11.4 Å². The third-order valence-corrected chi connectivity index (χ3v) is 4.66. The maximum Gasteiger partial charge on any atom is 0.253 e. The van der Waals surface area contributed by atoms with Gasteiger partial charge in [-0.15, -0.1) is 0 Å². The molecule has 2 aromatic carbocycles. The summed E-state index contributed by atoms with van der Waals surface area (Å²) >= 11 is 0. The Morgan fingerprint density at radius 3 is 2.79 bits per heavy atom. The lowest BCUT2D eigenvalue weighted by molar-refractivity contribution is 0.0785. The van der Waals surface area contributed by atoms with E-state index in [0.29, 0.717) is 12.1 Å². The molecular weight excluding hydrogens is 352 g/mol. The number of fused-ring (bicyclic) bond motifs is 1. The SMILES string of the molecule is COc1ccc(CN(C)C(=O)c2cccc(-n3cccn3)c2)c2cccnc12. The molecule has 140 valence electrons. The van der Waals surface area contributed by atoms with Gasteiger partial charge in [0.1, 0.15) is 11.3 Å². The van der Waals surface area contributed by atoms with Crippen LogP contribution in [0.15, 0.2) is 73.2 Å². The van der Waals surface area contributed by atoms with Crippen LogP contribution in [0.1, 0.15) is 15.9 Å². The number of aromatic nitrogens is 3. The van der Waals surface area contributed by atoms with Crippen LogP contribution < -0.4 is 4.74 Å². The van der Waals surface area contributed by atoms with Crippen LogP contribution in [-0.2, 0) is 6.54 Å². The van der Waals surface area contributed by atoms with E-state index in [-0.39, 0.29) is 5.91 Å². The summed E-state index contributed by atoms with van der Waals surface area (Å²) < 4.78 is 7.14. The van der Waals surface area contributed by atoms with Crippen molar-refractivity contribution in [3.05, 3.63) is 84.3 Å². The summed E-state index contributed by atoms with van der Waals surface area (Å²) in [5, 5.41) is 5.20. The van der Waals surface area contributed by atoms with Gasteiger partial charge in [0.2, 0.25) is 0 Å². The first-order valence-corrected chi connectivity index (χ1v) is 8.93. The topological polar surface area (TPSA) is 60.2 Å². The van der Waals surface area contributed by atoms with Crippen molar-refractivity contribution in [2.24, 2.45) is 0 Å². The van der Waals surface area contributed by atoms with Crippen molar-refractivity contribution >= 4 is 16.8 Å². The van der Waals surface area contributed by atoms with E-state index < -0.39 is 0 Å². The van der Waals surface area contributed by atoms with Crippen LogP contribution in [0, 0.1) is 0 Å². The highest BCUT2D eigenvalue weighted by molar-refractivity contribution is 5.95. The molecule has 4 aromatic rings. The molecular formula is C22H20N4O2. The lowest BCUT2D eigenvalue weighted by atomic mass is 10.1. The number of amides is 1. The van der Waals surface area contributed by atoms with Gasteiger partial charge < -0.3 is 9.64 Å². The average Bonchev–Trinajstić information content (AvgIpc) is 3.28. The number of hydrogen-bond donors (Lipinski definition) is 0. The third kappa shape index (κ3) is 3.32. The van der Waals surface area contributed by atoms with Gasteiger partial charge in [0.15, 0.2) is 0 Å². The molecule has 2 aromatic heterocycles. The molecule has 0 N–H and O–H groups in total. The standard InChI is InChI=1S/C22H20N4O2/c1-25(15-17-9-10-20(28-2)21-19(17)8-4-11-23-21)22(27)16-6-3-7-18(14-16)26-13-5-12-24-26/h3-14H,15H2,1-2H3. The number of methoxy groups -OCH3 is 1. The highest BCUT2D eigenvalue weighted by Gasteiger charge is 2.15. The Kier molecular flexibility index (Phi) is 4.76. The van der Waals surface area contributed by atoms with Crippen molar-refractivity contribution in [2.75, 3.05) is 14.2 Å². The highest BCUT2D eigenvalue weighted by atomic mass is 16.5. The molecule has 4 rings (SSSR count). The summed E-state index contributed by atoms with van der Waals surface area (Å²) in [6, 6.07) is 17.1. The fourth-order valence-corrected chi connectivity index (χ4v) is 3.26. The molecule has 0 radical (unpaired) electrons. The Morgan fingerprint density at radius 2 is 2.00 bits per heavy atom. The number of carbonyl (C=O) groups excluding carboxylic acids is 1. The molecule has 6 heteroatoms. The van der Waals surface area contributed by atoms with Crippen LogP contribution in [0.5, 0.6) is 5.75 Å². The summed E-state index contributed by atoms with van der Waals surface area (Å²) in [7, 11) is 3.43. The Hall–Kier alpha value is -3.67. The van der Waals surface area contributed by atoms with Crippen LogP contribution in [0.25, 0.3) is 16.6 Å². The number of pyridine rings is 1. The summed E-state index contributed by atoms with van der Waals surface area (Å²) in [5.41, 5.74) is 3.28. The highest BCUT2D eigenvalue weighted by Crippen LogP contribution is 2.27. The number of hydrogen-bond acceptors (Lipinski definition) is 4. The van der Waals surface area contributed by atoms with Gasteiger partial charge in [-0.05, 0) is 42.0 Å². The minimum atomic E-state index is -0.0538. The Balaban J connectivity index is 1.61. The number of ether oxygens (including phenoxy) is 1. The molecule has 0 saturated carbocycles. The normalized spacial score (nSPS) is 10.8. The minimum absolute atomic E-state index is 0.0538. The van der Waals surface area contributed by atoms with E-state index in [1.54, 1.807) is 36.1 Å². The number of benzene rings is 2. The van der Waals surface area contributed by atoms with E-state index in [9.17, 15) is 4.79 Å². The molecule has 0 spiro atoms. The first-order valence-electron chi connectivity index (χ1n) is 8.93. The lowest BCUT2D eigenvalue weighted by Gasteiger charge is -2.19. The first kappa shape index (κ1) is 17.7. The fraction of sp³-hybridized carbons (Fsp3) is 0.136. The number of carbonyl (C=O) groups is 1. The van der Waals surface area contributed by atoms with Gasteiger partial charge >= 0.3 is 0 Å². The maximum atomic E-state index is 13.0. The van der Waals surface area contributed by atoms with E-state index in [1.165, 1.54) is 0 Å². The minimum Gasteiger partial charge on any atom is -0.494 e. The van der Waals surface area contributed by atoms with Gasteiger partial charge in [0, 0.05) is 43.1 Å². The lowest BCUT2D eigenvalue weighted by Crippen LogP contribution is -2.26. The predicted octanol–water partition coefficient (Wildman–Crippen LogP) is 3.70. The second-order valence-corrected chi connectivity index (χ2v) is 6.49. The van der Waals surface area contributed by atoms with Crippen LogP contribution in [-0.4, -0.2) is 39.7 Å². The first-order chi connectivity index (χ1) is 13.7. The molecule has 0 aliphatic rings. The summed E-state index contributed by atoms with van der Waals surface area (Å²) in [4.78, 5) is 19.1. The van der Waals surface area contributed by atoms with Gasteiger partial charge in [-0.25, -0.2) is 4.68 Å². The van der Waals surface area contributed by atoms with E-state index in [4.69, 9.17) is 4.74 Å². The van der Waals surface area contributed by atoms with Crippen LogP contribution in [0.3, 0.4) is 0 Å². The Labute approximate surface area is 163 Å². The van der Waals surface area contributed by atoms with Crippen molar-refractivity contribution in [1.82, 2.24) is 19.7 Å². The van der Waals surface area contributed by atoms with Crippen molar-refractivity contribution in [3.63, 3.8) is 0 Å². The van der Waals surface area contributed by atoms with Gasteiger partial charge in [0.05, 0.1) is 12.8 Å². The van der Waals surface area contributed by atoms with E-state index in [1.807, 2.05) is 60.8 Å². The Bertz CT molecular complexity index is 1120. The molecule has 0 bridgehead atoms. The second-order valence-electron chi connectivity index (χ2n) is 6.49. The smallest absolute Gasteiger partial charge is 0.253 e. The van der Waals surface area contributed by atoms with Crippen molar-refractivity contribution in [1.29, 1.82) is 0 Å². The van der Waals surface area contributed by atoms with E-state index >= 15 is 0 Å². The zero-order chi connectivity index (χ0) is 19.5. The molecule has 0 aliphatic heterocycles. The molecule has 28 heavy (non-hydrogen) atoms. The summed E-state index contributed by atoms with van der Waals surface area (Å²) in [6.45, 7) is 0.469. The van der Waals surface area contributed by atoms with Gasteiger partial charge in [0.25, 0.3) is 5.91 Å². The molecule has 0 unspecified atom stereocenters. The van der Waals surface area contributed by atoms with Crippen molar-refractivity contribution in [2.45, 2.75) is 6.54 Å². The van der Waals surface area contributed by atoms with E-state index in [0.717, 1.165) is 27.9 Å². The predicted molar refractivity (Wildman–Crippen MR) is 108 cm³/mol. The maximum absolute atomic E-state index is 13.0. The van der Waals surface area contributed by atoms with Gasteiger partial charge in [-0.3, -0.25) is 9.78 Å². The fourth-order valence-electron chi connectivity index (χ4n) is 3.26. The summed E-state index contributed by atoms with van der Waals surface area (Å²) in [6.07, 6.45) is 5.30. The quantitative estimate of drug-likeness (QED) is 0.536. The molecule has 2 heterocycles. The van der Waals surface area contributed by atoms with Crippen LogP contribution in [0.4, 0.5) is 0 Å². The largest absolute Gasteiger partial charge is 0.494 e. The van der Waals surface area contributed by atoms with Crippen molar-refractivity contribution < 1.29 is 9.53 Å². The number of rotatable bonds is 5. The molecule has 0 saturated heterocycles. The van der Waals surface area contributed by atoms with E-state index in [2.05, 4.69) is 10.1 Å². The average molecular weight is 372 g/mol. The summed E-state index contributed by atoms with van der Waals surface area (Å²) in [5.74, 6) is 0.669. The Morgan fingerprint density at radius 1 is 1.11 bits per heavy atom.